The molecule has 6 heteroatoms. The monoisotopic (exact) mass is 317 g/mol. The maximum atomic E-state index is 11.4. The third kappa shape index (κ3) is 4.70. The molecular weight excluding hydrogens is 306 g/mol. The number of nitrogens with one attached hydrogen (secondary N) is 1. The van der Waals surface area contributed by atoms with Crippen molar-refractivity contribution in [3.8, 4) is 0 Å². The molecule has 0 aliphatic heterocycles. The third-order valence-electron chi connectivity index (χ3n) is 2.02. The molecule has 1 heterocycles. The van der Waals surface area contributed by atoms with Gasteiger partial charge in [0.1, 0.15) is 6.04 Å². The van der Waals surface area contributed by atoms with Crippen molar-refractivity contribution in [2.24, 2.45) is 0 Å². The van der Waals surface area contributed by atoms with E-state index in [2.05, 4.69) is 21.2 Å². The first-order valence-electron chi connectivity index (χ1n) is 4.99. The van der Waals surface area contributed by atoms with E-state index in [1.165, 1.54) is 17.4 Å². The molecule has 1 rings (SSSR count). The predicted octanol–water partition coefficient (Wildman–Crippen LogP) is 2.50. The van der Waals surface area contributed by atoms with Crippen LogP contribution in [0.4, 0.5) is 0 Å². The second-order valence-corrected chi connectivity index (χ2v) is 5.78. The Balaban J connectivity index is 2.54. The van der Waals surface area contributed by atoms with Gasteiger partial charge in [-0.3, -0.25) is 4.79 Å². The van der Waals surface area contributed by atoms with E-state index in [4.69, 9.17) is 5.11 Å². The maximum Gasteiger partial charge on any atom is 0.326 e. The second kappa shape index (κ2) is 6.56. The number of carboxylic acids is 1. The van der Waals surface area contributed by atoms with Crippen molar-refractivity contribution in [1.29, 1.82) is 0 Å². The Hall–Kier alpha value is -1.14. The van der Waals surface area contributed by atoms with Crippen molar-refractivity contribution < 1.29 is 14.7 Å². The minimum atomic E-state index is -1.02. The van der Waals surface area contributed by atoms with E-state index >= 15 is 0 Å². The Morgan fingerprint density at radius 1 is 1.59 bits per heavy atom. The molecule has 4 nitrogen and oxygen atoms in total. The van der Waals surface area contributed by atoms with E-state index < -0.39 is 17.9 Å². The highest BCUT2D eigenvalue weighted by atomic mass is 79.9. The molecule has 0 spiro atoms. The fourth-order valence-corrected chi connectivity index (χ4v) is 2.46. The Morgan fingerprint density at radius 2 is 2.29 bits per heavy atom. The van der Waals surface area contributed by atoms with Crippen LogP contribution in [0.1, 0.15) is 18.2 Å². The van der Waals surface area contributed by atoms with Gasteiger partial charge >= 0.3 is 5.97 Å². The zero-order valence-corrected chi connectivity index (χ0v) is 11.5. The first-order valence-corrected chi connectivity index (χ1v) is 6.60. The Bertz CT molecular complexity index is 442. The summed E-state index contributed by atoms with van der Waals surface area (Å²) in [7, 11) is 0. The predicted molar refractivity (Wildman–Crippen MR) is 70.9 cm³/mol. The van der Waals surface area contributed by atoms with Crippen LogP contribution in [0, 0.1) is 0 Å². The number of amides is 1. The van der Waals surface area contributed by atoms with Crippen molar-refractivity contribution in [2.75, 3.05) is 0 Å². The molecule has 0 aliphatic rings. The molecule has 0 fully saturated rings. The highest BCUT2D eigenvalue weighted by Crippen LogP contribution is 2.22. The molecule has 92 valence electrons. The third-order valence-corrected chi connectivity index (χ3v) is 3.60. The molecule has 1 amide bonds. The SMILES string of the molecule is CC[C@H](NC(=O)/C=C/c1ccc(Br)s1)C(=O)O. The second-order valence-electron chi connectivity index (χ2n) is 3.28. The van der Waals surface area contributed by atoms with Crippen LogP contribution in [0.25, 0.3) is 6.08 Å². The lowest BCUT2D eigenvalue weighted by Crippen LogP contribution is -2.39. The fraction of sp³-hybridized carbons (Fsp3) is 0.273. The van der Waals surface area contributed by atoms with E-state index in [9.17, 15) is 9.59 Å². The highest BCUT2D eigenvalue weighted by molar-refractivity contribution is 9.11. The van der Waals surface area contributed by atoms with Gasteiger partial charge in [-0.05, 0) is 40.6 Å². The van der Waals surface area contributed by atoms with Gasteiger partial charge in [0.25, 0.3) is 0 Å². The standard InChI is InChI=1S/C11H12BrNO3S/c1-2-8(11(15)16)13-10(14)6-4-7-3-5-9(12)17-7/h3-6,8H,2H2,1H3,(H,13,14)(H,15,16)/b6-4+/t8-/m0/s1. The molecule has 1 aromatic rings. The largest absolute Gasteiger partial charge is 0.480 e. The lowest BCUT2D eigenvalue weighted by Gasteiger charge is -2.09. The first kappa shape index (κ1) is 13.9. The molecule has 17 heavy (non-hydrogen) atoms. The zero-order valence-electron chi connectivity index (χ0n) is 9.14. The molecular formula is C11H12BrNO3S. The summed E-state index contributed by atoms with van der Waals surface area (Å²) >= 11 is 4.81. The minimum absolute atomic E-state index is 0.361. The van der Waals surface area contributed by atoms with E-state index in [1.54, 1.807) is 13.0 Å². The van der Waals surface area contributed by atoms with Crippen LogP contribution in [0.2, 0.25) is 0 Å². The van der Waals surface area contributed by atoms with Gasteiger partial charge in [0.15, 0.2) is 0 Å². The summed E-state index contributed by atoms with van der Waals surface area (Å²) in [5, 5.41) is 11.2. The number of rotatable bonds is 5. The summed E-state index contributed by atoms with van der Waals surface area (Å²) in [6.07, 6.45) is 3.35. The number of carbonyl (C=O) groups excluding carboxylic acids is 1. The minimum Gasteiger partial charge on any atom is -0.480 e. The van der Waals surface area contributed by atoms with Crippen LogP contribution < -0.4 is 5.32 Å². The Kier molecular flexibility index (Phi) is 5.37. The van der Waals surface area contributed by atoms with Gasteiger partial charge in [0.2, 0.25) is 5.91 Å². The molecule has 2 N–H and O–H groups in total. The maximum absolute atomic E-state index is 11.4. The number of hydrogen-bond donors (Lipinski definition) is 2. The number of thiophene rings is 1. The van der Waals surface area contributed by atoms with Gasteiger partial charge in [-0.2, -0.15) is 0 Å². The lowest BCUT2D eigenvalue weighted by molar-refractivity contribution is -0.141. The lowest BCUT2D eigenvalue weighted by atomic mass is 10.2. The van der Waals surface area contributed by atoms with Crippen molar-refractivity contribution in [1.82, 2.24) is 5.32 Å². The van der Waals surface area contributed by atoms with Crippen molar-refractivity contribution >= 4 is 45.2 Å². The van der Waals surface area contributed by atoms with Crippen LogP contribution >= 0.6 is 27.3 Å². The average Bonchev–Trinajstić information content (AvgIpc) is 2.68. The van der Waals surface area contributed by atoms with Crippen LogP contribution in [0.3, 0.4) is 0 Å². The van der Waals surface area contributed by atoms with Crippen LogP contribution in [0.5, 0.6) is 0 Å². The fourth-order valence-electron chi connectivity index (χ4n) is 1.13. The van der Waals surface area contributed by atoms with E-state index in [0.717, 1.165) is 8.66 Å². The number of aliphatic carboxylic acids is 1. The van der Waals surface area contributed by atoms with E-state index in [1.807, 2.05) is 12.1 Å². The number of carboxylic acid groups (broad SMARTS) is 1. The molecule has 1 aromatic heterocycles. The van der Waals surface area contributed by atoms with Crippen LogP contribution in [-0.4, -0.2) is 23.0 Å². The van der Waals surface area contributed by atoms with Crippen molar-refractivity contribution in [3.05, 3.63) is 26.9 Å². The summed E-state index contributed by atoms with van der Waals surface area (Å²) in [6, 6.07) is 2.92. The summed E-state index contributed by atoms with van der Waals surface area (Å²) in [5.41, 5.74) is 0. The number of carbonyl (C=O) groups is 2. The zero-order chi connectivity index (χ0) is 12.8. The van der Waals surface area contributed by atoms with Gasteiger partial charge in [-0.25, -0.2) is 4.79 Å². The van der Waals surface area contributed by atoms with Gasteiger partial charge < -0.3 is 10.4 Å². The molecule has 0 aromatic carbocycles. The normalized spacial score (nSPS) is 12.6. The van der Waals surface area contributed by atoms with Gasteiger partial charge in [-0.15, -0.1) is 11.3 Å². The molecule has 0 radical (unpaired) electrons. The van der Waals surface area contributed by atoms with Crippen molar-refractivity contribution in [2.45, 2.75) is 19.4 Å². The molecule has 0 bridgehead atoms. The Morgan fingerprint density at radius 3 is 2.76 bits per heavy atom. The van der Waals surface area contributed by atoms with E-state index in [0.29, 0.717) is 6.42 Å². The van der Waals surface area contributed by atoms with E-state index in [-0.39, 0.29) is 0 Å². The number of hydrogen-bond acceptors (Lipinski definition) is 3. The first-order chi connectivity index (χ1) is 8.02. The van der Waals surface area contributed by atoms with Gasteiger partial charge in [0.05, 0.1) is 3.79 Å². The number of halogens is 1. The molecule has 0 saturated heterocycles. The van der Waals surface area contributed by atoms with Crippen molar-refractivity contribution in [3.63, 3.8) is 0 Å². The Labute approximate surface area is 111 Å². The molecule has 1 atom stereocenters. The topological polar surface area (TPSA) is 66.4 Å². The summed E-state index contributed by atoms with van der Waals surface area (Å²) in [6.45, 7) is 1.71. The summed E-state index contributed by atoms with van der Waals surface area (Å²) < 4.78 is 0.981. The summed E-state index contributed by atoms with van der Waals surface area (Å²) in [4.78, 5) is 23.1. The average molecular weight is 318 g/mol. The van der Waals surface area contributed by atoms with Gasteiger partial charge in [0, 0.05) is 11.0 Å². The van der Waals surface area contributed by atoms with Crippen LogP contribution in [0.15, 0.2) is 22.0 Å². The van der Waals surface area contributed by atoms with Crippen LogP contribution in [-0.2, 0) is 9.59 Å². The molecule has 0 saturated carbocycles. The van der Waals surface area contributed by atoms with Gasteiger partial charge in [-0.1, -0.05) is 6.92 Å². The quantitative estimate of drug-likeness (QED) is 0.820. The molecule has 0 unspecified atom stereocenters. The highest BCUT2D eigenvalue weighted by Gasteiger charge is 2.15. The smallest absolute Gasteiger partial charge is 0.326 e. The summed E-state index contributed by atoms with van der Waals surface area (Å²) in [5.74, 6) is -1.42. The molecule has 0 aliphatic carbocycles.